The van der Waals surface area contributed by atoms with Crippen LogP contribution < -0.4 is 0 Å². The second kappa shape index (κ2) is 6.49. The van der Waals surface area contributed by atoms with E-state index in [1.165, 1.54) is 17.7 Å². The third-order valence-electron chi connectivity index (χ3n) is 3.55. The Hall–Kier alpha value is -2.22. The zero-order valence-corrected chi connectivity index (χ0v) is 12.6. The van der Waals surface area contributed by atoms with Gasteiger partial charge in [0.15, 0.2) is 0 Å². The summed E-state index contributed by atoms with van der Waals surface area (Å²) in [7, 11) is 0. The van der Waals surface area contributed by atoms with Crippen molar-refractivity contribution >= 4 is 12.4 Å². The van der Waals surface area contributed by atoms with Gasteiger partial charge >= 0.3 is 0 Å². The molecule has 2 aliphatic carbocycles. The lowest BCUT2D eigenvalue weighted by Gasteiger charge is -1.99. The van der Waals surface area contributed by atoms with Crippen molar-refractivity contribution in [3.8, 4) is 11.1 Å². The van der Waals surface area contributed by atoms with Crippen molar-refractivity contribution in [2.24, 2.45) is 0 Å². The fourth-order valence-corrected chi connectivity index (χ4v) is 2.25. The van der Waals surface area contributed by atoms with Crippen molar-refractivity contribution < 1.29 is 9.18 Å². The highest BCUT2D eigenvalue weighted by Gasteiger charge is 2.13. The molecule has 0 aromatic heterocycles. The van der Waals surface area contributed by atoms with Crippen LogP contribution in [0.25, 0.3) is 17.2 Å². The van der Waals surface area contributed by atoms with Gasteiger partial charge in [0.25, 0.3) is 0 Å². The SMILES string of the molecule is CC(/C=C/c1cc(F)c2ccc(C(C)C)ccc1-2)=C\C=O. The van der Waals surface area contributed by atoms with E-state index in [0.717, 1.165) is 23.0 Å². The number of carbonyl (C=O) groups excluding carboxylic acids is 1. The van der Waals surface area contributed by atoms with E-state index in [9.17, 15) is 9.18 Å². The molecule has 2 heteroatoms. The minimum atomic E-state index is -0.215. The zero-order chi connectivity index (χ0) is 15.4. The van der Waals surface area contributed by atoms with Gasteiger partial charge in [-0.15, -0.1) is 0 Å². The van der Waals surface area contributed by atoms with Gasteiger partial charge in [-0.3, -0.25) is 4.79 Å². The lowest BCUT2D eigenvalue weighted by molar-refractivity contribution is -0.104. The van der Waals surface area contributed by atoms with Gasteiger partial charge in [0.1, 0.15) is 12.1 Å². The fourth-order valence-electron chi connectivity index (χ4n) is 2.25. The molecule has 0 spiro atoms. The van der Waals surface area contributed by atoms with Crippen molar-refractivity contribution in [1.82, 2.24) is 0 Å². The number of rotatable bonds is 4. The maximum Gasteiger partial charge on any atom is 0.143 e. The maximum absolute atomic E-state index is 14.1. The summed E-state index contributed by atoms with van der Waals surface area (Å²) in [6.07, 6.45) is 5.89. The summed E-state index contributed by atoms with van der Waals surface area (Å²) >= 11 is 0. The standard InChI is InChI=1S/C19H19FO/c1-13(2)15-6-8-17-16(5-4-14(3)10-11-21)12-19(20)18(17)9-7-15/h4-13H,1-3H3/b5-4+,14-10+. The number of hydrogen-bond acceptors (Lipinski definition) is 1. The van der Waals surface area contributed by atoms with Crippen LogP contribution in [-0.2, 0) is 4.79 Å². The summed E-state index contributed by atoms with van der Waals surface area (Å²) in [5, 5.41) is 0. The molecule has 2 rings (SSSR count). The molecule has 0 aromatic carbocycles. The molecule has 0 saturated heterocycles. The third-order valence-corrected chi connectivity index (χ3v) is 3.55. The first kappa shape index (κ1) is 15.2. The van der Waals surface area contributed by atoms with E-state index in [4.69, 9.17) is 0 Å². The lowest BCUT2D eigenvalue weighted by atomic mass is 10.1. The van der Waals surface area contributed by atoms with Crippen LogP contribution in [-0.4, -0.2) is 6.29 Å². The van der Waals surface area contributed by atoms with Crippen molar-refractivity contribution in [3.63, 3.8) is 0 Å². The van der Waals surface area contributed by atoms with Gasteiger partial charge in [0.05, 0.1) is 0 Å². The number of hydrogen-bond donors (Lipinski definition) is 0. The van der Waals surface area contributed by atoms with Gasteiger partial charge < -0.3 is 0 Å². The topological polar surface area (TPSA) is 17.1 Å². The molecule has 0 radical (unpaired) electrons. The molecule has 0 amide bonds. The predicted molar refractivity (Wildman–Crippen MR) is 86.0 cm³/mol. The van der Waals surface area contributed by atoms with Crippen LogP contribution in [0, 0.1) is 5.82 Å². The number of halogens is 1. The molecule has 2 aliphatic rings. The summed E-state index contributed by atoms with van der Waals surface area (Å²) in [5.74, 6) is 0.189. The molecule has 0 N–H and O–H groups in total. The number of aldehydes is 1. The molecule has 1 nitrogen and oxygen atoms in total. The van der Waals surface area contributed by atoms with E-state index in [2.05, 4.69) is 13.8 Å². The molecular weight excluding hydrogens is 263 g/mol. The minimum absolute atomic E-state index is 0.215. The van der Waals surface area contributed by atoms with Crippen LogP contribution in [0.1, 0.15) is 37.8 Å². The number of carbonyl (C=O) groups is 1. The normalized spacial score (nSPS) is 12.5. The minimum Gasteiger partial charge on any atom is -0.299 e. The summed E-state index contributed by atoms with van der Waals surface area (Å²) < 4.78 is 14.1. The molecule has 0 aromatic rings. The first-order valence-electron chi connectivity index (χ1n) is 7.05. The highest BCUT2D eigenvalue weighted by molar-refractivity contribution is 5.80. The van der Waals surface area contributed by atoms with Crippen molar-refractivity contribution in [2.45, 2.75) is 26.7 Å². The molecule has 0 aliphatic heterocycles. The predicted octanol–water partition coefficient (Wildman–Crippen LogP) is 5.21. The van der Waals surface area contributed by atoms with E-state index >= 15 is 0 Å². The Morgan fingerprint density at radius 1 is 1.14 bits per heavy atom. The Morgan fingerprint density at radius 3 is 2.43 bits per heavy atom. The molecule has 0 atom stereocenters. The van der Waals surface area contributed by atoms with Gasteiger partial charge in [-0.25, -0.2) is 4.39 Å². The van der Waals surface area contributed by atoms with Crippen LogP contribution >= 0.6 is 0 Å². The Bertz CT molecular complexity index is 680. The molecule has 0 unspecified atom stereocenters. The zero-order valence-electron chi connectivity index (χ0n) is 12.6. The van der Waals surface area contributed by atoms with E-state index in [1.807, 2.05) is 43.3 Å². The van der Waals surface area contributed by atoms with Gasteiger partial charge in [-0.05, 0) is 47.2 Å². The summed E-state index contributed by atoms with van der Waals surface area (Å²) in [4.78, 5) is 10.4. The molecule has 0 heterocycles. The third kappa shape index (κ3) is 3.46. The Morgan fingerprint density at radius 2 is 1.81 bits per heavy atom. The first-order valence-corrected chi connectivity index (χ1v) is 7.05. The quantitative estimate of drug-likeness (QED) is 0.427. The highest BCUT2D eigenvalue weighted by Crippen LogP contribution is 2.32. The largest absolute Gasteiger partial charge is 0.299 e. The molecule has 108 valence electrons. The average molecular weight is 282 g/mol. The smallest absolute Gasteiger partial charge is 0.143 e. The van der Waals surface area contributed by atoms with Crippen LogP contribution in [0.2, 0.25) is 0 Å². The van der Waals surface area contributed by atoms with E-state index in [-0.39, 0.29) is 5.82 Å². The van der Waals surface area contributed by atoms with Crippen molar-refractivity contribution in [2.75, 3.05) is 0 Å². The lowest BCUT2D eigenvalue weighted by Crippen LogP contribution is -1.81. The van der Waals surface area contributed by atoms with Crippen LogP contribution in [0.5, 0.6) is 0 Å². The van der Waals surface area contributed by atoms with Gasteiger partial charge in [-0.2, -0.15) is 0 Å². The fraction of sp³-hybridized carbons (Fsp3) is 0.211. The molecule has 0 bridgehead atoms. The molecule has 21 heavy (non-hydrogen) atoms. The Balaban J connectivity index is 2.48. The average Bonchev–Trinajstić information content (AvgIpc) is 2.63. The summed E-state index contributed by atoms with van der Waals surface area (Å²) in [6, 6.07) is 9.35. The summed E-state index contributed by atoms with van der Waals surface area (Å²) in [5.41, 5.74) is 4.35. The van der Waals surface area contributed by atoms with Crippen LogP contribution in [0.15, 0.2) is 48.1 Å². The maximum atomic E-state index is 14.1. The van der Waals surface area contributed by atoms with Crippen LogP contribution in [0.3, 0.4) is 0 Å². The van der Waals surface area contributed by atoms with Crippen molar-refractivity contribution in [1.29, 1.82) is 0 Å². The van der Waals surface area contributed by atoms with E-state index in [1.54, 1.807) is 0 Å². The van der Waals surface area contributed by atoms with Gasteiger partial charge in [0.2, 0.25) is 0 Å². The number of fused-ring (bicyclic) bond motifs is 1. The Kier molecular flexibility index (Phi) is 4.69. The molecule has 0 saturated carbocycles. The van der Waals surface area contributed by atoms with E-state index in [0.29, 0.717) is 11.5 Å². The molecule has 0 fully saturated rings. The van der Waals surface area contributed by atoms with Gasteiger partial charge in [0, 0.05) is 5.56 Å². The second-order valence-corrected chi connectivity index (χ2v) is 5.48. The van der Waals surface area contributed by atoms with E-state index < -0.39 is 0 Å². The summed E-state index contributed by atoms with van der Waals surface area (Å²) in [6.45, 7) is 6.07. The monoisotopic (exact) mass is 282 g/mol. The first-order chi connectivity index (χ1) is 10.0. The highest BCUT2D eigenvalue weighted by atomic mass is 19.1. The number of allylic oxidation sites excluding steroid dienone is 3. The van der Waals surface area contributed by atoms with Crippen LogP contribution in [0.4, 0.5) is 4.39 Å². The van der Waals surface area contributed by atoms with Gasteiger partial charge in [-0.1, -0.05) is 50.3 Å². The van der Waals surface area contributed by atoms with Crippen molar-refractivity contribution in [3.05, 3.63) is 65.0 Å². The molecular formula is C19H19FO. The second-order valence-electron chi connectivity index (χ2n) is 5.48. The Labute approximate surface area is 125 Å².